The van der Waals surface area contributed by atoms with Crippen molar-refractivity contribution in [3.63, 3.8) is 0 Å². The second-order valence-corrected chi connectivity index (χ2v) is 18.9. The molecular formula is C53H102O6. The van der Waals surface area contributed by atoms with E-state index >= 15 is 0 Å². The first-order valence-corrected chi connectivity index (χ1v) is 26.3. The predicted octanol–water partition coefficient (Wildman–Crippen LogP) is 16.9. The van der Waals surface area contributed by atoms with Gasteiger partial charge in [-0.2, -0.15) is 0 Å². The monoisotopic (exact) mass is 835 g/mol. The van der Waals surface area contributed by atoms with Crippen LogP contribution in [-0.2, 0) is 28.6 Å². The molecule has 0 aliphatic carbocycles. The number of unbranched alkanes of at least 4 members (excludes halogenated alkanes) is 31. The Morgan fingerprint density at radius 1 is 0.356 bits per heavy atom. The van der Waals surface area contributed by atoms with Gasteiger partial charge in [-0.1, -0.05) is 253 Å². The fourth-order valence-electron chi connectivity index (χ4n) is 7.96. The minimum atomic E-state index is -0.762. The molecule has 0 aliphatic rings. The molecule has 59 heavy (non-hydrogen) atoms. The fraction of sp³-hybridized carbons (Fsp3) is 0.943. The number of carbonyl (C=O) groups excluding carboxylic acids is 3. The maximum absolute atomic E-state index is 12.8. The van der Waals surface area contributed by atoms with Crippen molar-refractivity contribution in [3.8, 4) is 0 Å². The molecule has 0 heterocycles. The van der Waals surface area contributed by atoms with E-state index in [4.69, 9.17) is 14.2 Å². The SMILES string of the molecule is CCCCCCCCCCCCCCCCCCC(=O)OC[C@H](COC(=O)CCCCCCCCCCC(C)C)OC(=O)CCCCCCCCCCCCC(C)CC. The molecule has 0 fully saturated rings. The van der Waals surface area contributed by atoms with Gasteiger partial charge in [0, 0.05) is 19.3 Å². The molecule has 0 aliphatic heterocycles. The molecule has 2 atom stereocenters. The quantitative estimate of drug-likeness (QED) is 0.0345. The lowest BCUT2D eigenvalue weighted by atomic mass is 9.99. The maximum Gasteiger partial charge on any atom is 0.306 e. The van der Waals surface area contributed by atoms with Crippen molar-refractivity contribution < 1.29 is 28.6 Å². The molecule has 0 spiro atoms. The van der Waals surface area contributed by atoms with Crippen LogP contribution in [0.5, 0.6) is 0 Å². The van der Waals surface area contributed by atoms with Crippen molar-refractivity contribution >= 4 is 17.9 Å². The van der Waals surface area contributed by atoms with Crippen LogP contribution >= 0.6 is 0 Å². The third-order valence-corrected chi connectivity index (χ3v) is 12.3. The van der Waals surface area contributed by atoms with Crippen molar-refractivity contribution in [3.05, 3.63) is 0 Å². The summed E-state index contributed by atoms with van der Waals surface area (Å²) in [4.78, 5) is 37.9. The van der Waals surface area contributed by atoms with Gasteiger partial charge in [0.15, 0.2) is 6.10 Å². The number of esters is 3. The number of rotatable bonds is 47. The minimum absolute atomic E-state index is 0.0640. The molecule has 0 aromatic carbocycles. The molecule has 0 aromatic heterocycles. The van der Waals surface area contributed by atoms with Gasteiger partial charge in [-0.05, 0) is 31.1 Å². The summed E-state index contributed by atoms with van der Waals surface area (Å²) in [7, 11) is 0. The smallest absolute Gasteiger partial charge is 0.306 e. The number of ether oxygens (including phenoxy) is 3. The lowest BCUT2D eigenvalue weighted by Crippen LogP contribution is -2.30. The highest BCUT2D eigenvalue weighted by atomic mass is 16.6. The Morgan fingerprint density at radius 2 is 0.644 bits per heavy atom. The zero-order chi connectivity index (χ0) is 43.3. The van der Waals surface area contributed by atoms with E-state index < -0.39 is 6.10 Å². The molecule has 0 aromatic rings. The second-order valence-electron chi connectivity index (χ2n) is 18.9. The van der Waals surface area contributed by atoms with Crippen LogP contribution in [-0.4, -0.2) is 37.2 Å². The Kier molecular flexibility index (Phi) is 44.7. The molecule has 0 rings (SSSR count). The van der Waals surface area contributed by atoms with E-state index in [0.717, 1.165) is 69.6 Å². The Balaban J connectivity index is 4.30. The van der Waals surface area contributed by atoms with Gasteiger partial charge in [0.25, 0.3) is 0 Å². The minimum Gasteiger partial charge on any atom is -0.462 e. The standard InChI is InChI=1S/C53H102O6/c1-6-8-9-10-11-12-13-14-15-16-17-18-22-28-33-38-43-51(54)57-46-50(47-58-52(55)44-39-34-29-25-24-26-31-36-41-48(3)4)59-53(56)45-40-35-30-23-20-19-21-27-32-37-42-49(5)7-2/h48-50H,6-47H2,1-5H3/t49?,50-/m1/s1. The Morgan fingerprint density at radius 3 is 0.966 bits per heavy atom. The summed E-state index contributed by atoms with van der Waals surface area (Å²) < 4.78 is 16.8. The van der Waals surface area contributed by atoms with Crippen LogP contribution in [0.4, 0.5) is 0 Å². The van der Waals surface area contributed by atoms with Crippen LogP contribution in [0.15, 0.2) is 0 Å². The van der Waals surface area contributed by atoms with Crippen molar-refractivity contribution in [2.24, 2.45) is 11.8 Å². The van der Waals surface area contributed by atoms with Gasteiger partial charge in [0.1, 0.15) is 13.2 Å². The average Bonchev–Trinajstić information content (AvgIpc) is 3.22. The highest BCUT2D eigenvalue weighted by Crippen LogP contribution is 2.18. The third-order valence-electron chi connectivity index (χ3n) is 12.3. The lowest BCUT2D eigenvalue weighted by molar-refractivity contribution is -0.167. The Bertz CT molecular complexity index is 902. The van der Waals surface area contributed by atoms with E-state index in [1.54, 1.807) is 0 Å². The lowest BCUT2D eigenvalue weighted by Gasteiger charge is -2.18. The highest BCUT2D eigenvalue weighted by molar-refractivity contribution is 5.71. The van der Waals surface area contributed by atoms with E-state index in [9.17, 15) is 14.4 Å². The summed E-state index contributed by atoms with van der Waals surface area (Å²) in [6.07, 6.45) is 46.6. The Hall–Kier alpha value is -1.59. The molecule has 0 N–H and O–H groups in total. The molecule has 0 amide bonds. The van der Waals surface area contributed by atoms with E-state index in [1.165, 1.54) is 180 Å². The number of hydrogen-bond donors (Lipinski definition) is 0. The molecule has 6 heteroatoms. The predicted molar refractivity (Wildman–Crippen MR) is 252 cm³/mol. The third kappa shape index (κ3) is 45.8. The van der Waals surface area contributed by atoms with Gasteiger partial charge in [0.2, 0.25) is 0 Å². The van der Waals surface area contributed by atoms with Gasteiger partial charge in [-0.15, -0.1) is 0 Å². The summed E-state index contributed by atoms with van der Waals surface area (Å²) in [5.41, 5.74) is 0. The first kappa shape index (κ1) is 57.4. The van der Waals surface area contributed by atoms with Crippen LogP contribution in [0, 0.1) is 11.8 Å². The largest absolute Gasteiger partial charge is 0.462 e. The van der Waals surface area contributed by atoms with Crippen LogP contribution in [0.1, 0.15) is 291 Å². The number of carbonyl (C=O) groups is 3. The van der Waals surface area contributed by atoms with Gasteiger partial charge in [0.05, 0.1) is 0 Å². The molecule has 1 unspecified atom stereocenters. The maximum atomic E-state index is 12.8. The molecule has 6 nitrogen and oxygen atoms in total. The first-order valence-electron chi connectivity index (χ1n) is 26.3. The van der Waals surface area contributed by atoms with Crippen LogP contribution in [0.3, 0.4) is 0 Å². The number of hydrogen-bond acceptors (Lipinski definition) is 6. The van der Waals surface area contributed by atoms with Gasteiger partial charge >= 0.3 is 17.9 Å². The van der Waals surface area contributed by atoms with Crippen molar-refractivity contribution in [2.45, 2.75) is 298 Å². The second kappa shape index (κ2) is 45.9. The summed E-state index contributed by atoms with van der Waals surface area (Å²) in [5, 5.41) is 0. The Labute approximate surface area is 368 Å². The first-order chi connectivity index (χ1) is 28.8. The van der Waals surface area contributed by atoms with E-state index in [-0.39, 0.29) is 31.1 Å². The zero-order valence-corrected chi connectivity index (χ0v) is 40.4. The molecular weight excluding hydrogens is 733 g/mol. The van der Waals surface area contributed by atoms with Gasteiger partial charge in [-0.25, -0.2) is 0 Å². The van der Waals surface area contributed by atoms with Crippen LogP contribution in [0.2, 0.25) is 0 Å². The highest BCUT2D eigenvalue weighted by Gasteiger charge is 2.19. The van der Waals surface area contributed by atoms with Gasteiger partial charge < -0.3 is 14.2 Å². The topological polar surface area (TPSA) is 78.9 Å². The molecule has 0 bridgehead atoms. The zero-order valence-electron chi connectivity index (χ0n) is 40.4. The summed E-state index contributed by atoms with van der Waals surface area (Å²) in [5.74, 6) is 0.814. The van der Waals surface area contributed by atoms with Crippen LogP contribution < -0.4 is 0 Å². The van der Waals surface area contributed by atoms with E-state index in [2.05, 4.69) is 34.6 Å². The van der Waals surface area contributed by atoms with Crippen molar-refractivity contribution in [2.75, 3.05) is 13.2 Å². The van der Waals surface area contributed by atoms with Crippen LogP contribution in [0.25, 0.3) is 0 Å². The summed E-state index contributed by atoms with van der Waals surface area (Å²) >= 11 is 0. The van der Waals surface area contributed by atoms with E-state index in [1.807, 2.05) is 0 Å². The summed E-state index contributed by atoms with van der Waals surface area (Å²) in [6.45, 7) is 11.4. The molecule has 0 radical (unpaired) electrons. The van der Waals surface area contributed by atoms with E-state index in [0.29, 0.717) is 19.3 Å². The van der Waals surface area contributed by atoms with Crippen molar-refractivity contribution in [1.82, 2.24) is 0 Å². The molecule has 0 saturated heterocycles. The normalized spacial score (nSPS) is 12.5. The average molecular weight is 835 g/mol. The van der Waals surface area contributed by atoms with Gasteiger partial charge in [-0.3, -0.25) is 14.4 Å². The molecule has 0 saturated carbocycles. The summed E-state index contributed by atoms with van der Waals surface area (Å²) in [6, 6.07) is 0. The van der Waals surface area contributed by atoms with Crippen molar-refractivity contribution in [1.29, 1.82) is 0 Å². The molecule has 350 valence electrons. The fourth-order valence-corrected chi connectivity index (χ4v) is 7.96.